The Morgan fingerprint density at radius 1 is 0.500 bits per heavy atom. The summed E-state index contributed by atoms with van der Waals surface area (Å²) in [5.74, 6) is -3.64. The van der Waals surface area contributed by atoms with Gasteiger partial charge in [-0.25, -0.2) is 0 Å². The standard InChI is InChI=1S/C34H60N2O10/c1-27(2)15-11-7-5-9-13-23-45-33(43)19-21-35(22-20-34(44)46-24-14-10-6-8-12-16-28(3)4)29(37)17-18-30(38)36(25-31(39)40)26-32(41)42/h27-28H,5-26H2,1-4H3,(H,39,40)(H,41,42). The summed E-state index contributed by atoms with van der Waals surface area (Å²) in [6.45, 7) is 7.72. The Hall–Kier alpha value is -3.18. The van der Waals surface area contributed by atoms with E-state index in [0.717, 1.165) is 51.4 Å². The smallest absolute Gasteiger partial charge is 0.323 e. The molecule has 0 fully saturated rings. The van der Waals surface area contributed by atoms with E-state index in [2.05, 4.69) is 27.7 Å². The van der Waals surface area contributed by atoms with E-state index < -0.39 is 55.2 Å². The fourth-order valence-electron chi connectivity index (χ4n) is 4.79. The molecule has 0 aromatic rings. The zero-order valence-electron chi connectivity index (χ0n) is 28.8. The van der Waals surface area contributed by atoms with E-state index in [-0.39, 0.29) is 32.4 Å². The minimum atomic E-state index is -1.38. The van der Waals surface area contributed by atoms with Gasteiger partial charge in [0.1, 0.15) is 13.1 Å². The number of hydrogen-bond donors (Lipinski definition) is 2. The highest BCUT2D eigenvalue weighted by Crippen LogP contribution is 2.12. The average Bonchev–Trinajstić information content (AvgIpc) is 2.97. The van der Waals surface area contributed by atoms with E-state index in [4.69, 9.17) is 19.7 Å². The van der Waals surface area contributed by atoms with E-state index in [0.29, 0.717) is 29.9 Å². The number of amides is 2. The Labute approximate surface area is 275 Å². The summed E-state index contributed by atoms with van der Waals surface area (Å²) < 4.78 is 10.6. The molecular formula is C34H60N2O10. The molecule has 12 nitrogen and oxygen atoms in total. The number of carbonyl (C=O) groups excluding carboxylic acids is 4. The molecule has 2 amide bonds. The molecule has 0 aliphatic heterocycles. The van der Waals surface area contributed by atoms with Gasteiger partial charge in [0, 0.05) is 25.9 Å². The van der Waals surface area contributed by atoms with Crippen molar-refractivity contribution in [2.24, 2.45) is 11.8 Å². The van der Waals surface area contributed by atoms with Crippen LogP contribution in [0.3, 0.4) is 0 Å². The fourth-order valence-corrected chi connectivity index (χ4v) is 4.79. The van der Waals surface area contributed by atoms with Crippen molar-refractivity contribution in [3.63, 3.8) is 0 Å². The van der Waals surface area contributed by atoms with Crippen LogP contribution in [0, 0.1) is 11.8 Å². The number of rotatable bonds is 29. The third kappa shape index (κ3) is 26.1. The second kappa shape index (κ2) is 27.0. The number of carbonyl (C=O) groups is 6. The Bertz CT molecular complexity index is 850. The number of esters is 2. The van der Waals surface area contributed by atoms with Gasteiger partial charge in [-0.1, -0.05) is 91.9 Å². The highest BCUT2D eigenvalue weighted by Gasteiger charge is 2.23. The molecule has 0 rings (SSSR count). The van der Waals surface area contributed by atoms with Crippen molar-refractivity contribution in [2.75, 3.05) is 39.4 Å². The van der Waals surface area contributed by atoms with Gasteiger partial charge in [0.25, 0.3) is 0 Å². The van der Waals surface area contributed by atoms with Gasteiger partial charge in [-0.15, -0.1) is 0 Å². The van der Waals surface area contributed by atoms with Gasteiger partial charge in [-0.2, -0.15) is 0 Å². The molecule has 0 atom stereocenters. The van der Waals surface area contributed by atoms with Gasteiger partial charge in [0.2, 0.25) is 11.8 Å². The van der Waals surface area contributed by atoms with Crippen LogP contribution in [0.25, 0.3) is 0 Å². The molecule has 0 aliphatic rings. The van der Waals surface area contributed by atoms with Crippen LogP contribution >= 0.6 is 0 Å². The van der Waals surface area contributed by atoms with Crippen molar-refractivity contribution in [2.45, 2.75) is 130 Å². The van der Waals surface area contributed by atoms with Crippen molar-refractivity contribution in [1.82, 2.24) is 9.80 Å². The Morgan fingerprint density at radius 2 is 0.848 bits per heavy atom. The van der Waals surface area contributed by atoms with E-state index in [1.54, 1.807) is 0 Å². The number of carboxylic acids is 2. The number of aliphatic carboxylic acids is 2. The minimum Gasteiger partial charge on any atom is -0.480 e. The summed E-state index contributed by atoms with van der Waals surface area (Å²) in [5, 5.41) is 18.0. The quantitative estimate of drug-likeness (QED) is 0.0780. The number of hydrogen-bond acceptors (Lipinski definition) is 8. The summed E-state index contributed by atoms with van der Waals surface area (Å²) >= 11 is 0. The summed E-state index contributed by atoms with van der Waals surface area (Å²) in [5.41, 5.74) is 0. The molecule has 0 unspecified atom stereocenters. The molecule has 0 aliphatic carbocycles. The third-order valence-corrected chi connectivity index (χ3v) is 7.46. The topological polar surface area (TPSA) is 168 Å². The first-order chi connectivity index (χ1) is 21.8. The van der Waals surface area contributed by atoms with Crippen LogP contribution in [-0.2, 0) is 38.2 Å². The lowest BCUT2D eigenvalue weighted by atomic mass is 10.0. The minimum absolute atomic E-state index is 0.0291. The number of nitrogens with zero attached hydrogens (tertiary/aromatic N) is 2. The summed E-state index contributed by atoms with van der Waals surface area (Å²) in [6, 6.07) is 0. The van der Waals surface area contributed by atoms with E-state index >= 15 is 0 Å². The maximum atomic E-state index is 13.0. The number of ether oxygens (including phenoxy) is 2. The second-order valence-corrected chi connectivity index (χ2v) is 12.8. The highest BCUT2D eigenvalue weighted by atomic mass is 16.5. The predicted octanol–water partition coefficient (Wildman–Crippen LogP) is 5.45. The van der Waals surface area contributed by atoms with Gasteiger partial charge in [-0.05, 0) is 24.7 Å². The van der Waals surface area contributed by atoms with Crippen LogP contribution in [0.1, 0.15) is 130 Å². The van der Waals surface area contributed by atoms with Gasteiger partial charge < -0.3 is 29.5 Å². The third-order valence-electron chi connectivity index (χ3n) is 7.46. The molecule has 0 heterocycles. The first-order valence-corrected chi connectivity index (χ1v) is 17.1. The van der Waals surface area contributed by atoms with Crippen molar-refractivity contribution >= 4 is 35.7 Å². The Kier molecular flexibility index (Phi) is 25.1. The number of carboxylic acid groups (broad SMARTS) is 2. The first-order valence-electron chi connectivity index (χ1n) is 17.1. The Morgan fingerprint density at radius 3 is 1.22 bits per heavy atom. The maximum Gasteiger partial charge on any atom is 0.323 e. The van der Waals surface area contributed by atoms with Gasteiger partial charge in [0.05, 0.1) is 26.1 Å². The molecule has 2 N–H and O–H groups in total. The molecule has 266 valence electrons. The van der Waals surface area contributed by atoms with Crippen LogP contribution in [0.15, 0.2) is 0 Å². The maximum absolute atomic E-state index is 13.0. The van der Waals surface area contributed by atoms with Crippen molar-refractivity contribution in [3.05, 3.63) is 0 Å². The Balaban J connectivity index is 4.82. The number of unbranched alkanes of at least 4 members (excludes halogenated alkanes) is 8. The average molecular weight is 657 g/mol. The van der Waals surface area contributed by atoms with Crippen molar-refractivity contribution < 1.29 is 48.5 Å². The fraction of sp³-hybridized carbons (Fsp3) is 0.824. The lowest BCUT2D eigenvalue weighted by Gasteiger charge is -2.23. The second-order valence-electron chi connectivity index (χ2n) is 12.8. The van der Waals surface area contributed by atoms with Crippen LogP contribution in [-0.4, -0.2) is 95.1 Å². The van der Waals surface area contributed by atoms with E-state index in [9.17, 15) is 28.8 Å². The molecular weight excluding hydrogens is 596 g/mol. The molecule has 46 heavy (non-hydrogen) atoms. The summed E-state index contributed by atoms with van der Waals surface area (Å²) in [6.07, 6.45) is 11.7. The molecule has 0 radical (unpaired) electrons. The van der Waals surface area contributed by atoms with E-state index in [1.165, 1.54) is 30.6 Å². The molecule has 0 aromatic carbocycles. The van der Waals surface area contributed by atoms with Crippen LogP contribution in [0.5, 0.6) is 0 Å². The normalized spacial score (nSPS) is 11.0. The summed E-state index contributed by atoms with van der Waals surface area (Å²) in [4.78, 5) is 74.2. The van der Waals surface area contributed by atoms with Crippen LogP contribution in [0.4, 0.5) is 0 Å². The van der Waals surface area contributed by atoms with Crippen molar-refractivity contribution in [1.29, 1.82) is 0 Å². The van der Waals surface area contributed by atoms with Crippen LogP contribution in [0.2, 0.25) is 0 Å². The molecule has 0 saturated carbocycles. The summed E-state index contributed by atoms with van der Waals surface area (Å²) in [7, 11) is 0. The molecule has 12 heteroatoms. The van der Waals surface area contributed by atoms with E-state index in [1.807, 2.05) is 0 Å². The molecule has 0 aromatic heterocycles. The van der Waals surface area contributed by atoms with Gasteiger partial charge >= 0.3 is 23.9 Å². The molecule has 0 saturated heterocycles. The zero-order chi connectivity index (χ0) is 34.7. The van der Waals surface area contributed by atoms with Crippen LogP contribution < -0.4 is 0 Å². The predicted molar refractivity (Wildman–Crippen MR) is 174 cm³/mol. The zero-order valence-corrected chi connectivity index (χ0v) is 28.8. The van der Waals surface area contributed by atoms with Gasteiger partial charge in [0.15, 0.2) is 0 Å². The SMILES string of the molecule is CC(C)CCCCCCCOC(=O)CCN(CCC(=O)OCCCCCCCC(C)C)C(=O)CCC(=O)N(CC(=O)O)CC(=O)O. The monoisotopic (exact) mass is 656 g/mol. The highest BCUT2D eigenvalue weighted by molar-refractivity contribution is 5.88. The van der Waals surface area contributed by atoms with Crippen molar-refractivity contribution in [3.8, 4) is 0 Å². The van der Waals surface area contributed by atoms with Gasteiger partial charge in [-0.3, -0.25) is 28.8 Å². The lowest BCUT2D eigenvalue weighted by Crippen LogP contribution is -2.40. The lowest BCUT2D eigenvalue weighted by molar-refractivity contribution is -0.149. The molecule has 0 bridgehead atoms. The first kappa shape index (κ1) is 42.8. The largest absolute Gasteiger partial charge is 0.480 e. The molecule has 0 spiro atoms.